The molecule has 1 amide bonds. The number of sulfone groups is 1. The van der Waals surface area contributed by atoms with Crippen LogP contribution in [-0.4, -0.2) is 79.2 Å². The second-order valence-corrected chi connectivity index (χ2v) is 12.9. The monoisotopic (exact) mass is 595 g/mol. The maximum absolute atomic E-state index is 14.0. The molecule has 3 aromatic rings. The molecule has 2 aliphatic heterocycles. The van der Waals surface area contributed by atoms with E-state index in [0.717, 1.165) is 31.5 Å². The van der Waals surface area contributed by atoms with E-state index in [1.807, 2.05) is 13.0 Å². The lowest BCUT2D eigenvalue weighted by atomic mass is 10.2. The summed E-state index contributed by atoms with van der Waals surface area (Å²) in [6, 6.07) is 5.06. The van der Waals surface area contributed by atoms with Gasteiger partial charge in [-0.1, -0.05) is 6.92 Å². The maximum Gasteiger partial charge on any atom is 0.420 e. The van der Waals surface area contributed by atoms with E-state index in [-0.39, 0.29) is 32.9 Å². The molecule has 1 atom stereocenters. The highest BCUT2D eigenvalue weighted by Crippen LogP contribution is 2.42. The number of hydrogen-bond acceptors (Lipinski definition) is 10. The van der Waals surface area contributed by atoms with Crippen molar-refractivity contribution in [2.45, 2.75) is 37.4 Å². The van der Waals surface area contributed by atoms with Crippen molar-refractivity contribution in [3.05, 3.63) is 40.5 Å². The van der Waals surface area contributed by atoms with Crippen LogP contribution in [0.5, 0.6) is 0 Å². The molecule has 10 nitrogen and oxygen atoms in total. The Labute approximate surface area is 233 Å². The van der Waals surface area contributed by atoms with Gasteiger partial charge in [0.2, 0.25) is 5.95 Å². The Kier molecular flexibility index (Phi) is 7.48. The van der Waals surface area contributed by atoms with Crippen LogP contribution in [0.3, 0.4) is 0 Å². The summed E-state index contributed by atoms with van der Waals surface area (Å²) in [6.07, 6.45) is -3.60. The molecular formula is C25H28F3N7O3S2. The number of carbonyl (C=O) groups is 1. The quantitative estimate of drug-likeness (QED) is 0.456. The van der Waals surface area contributed by atoms with Crippen LogP contribution in [0.4, 0.5) is 30.6 Å². The average Bonchev–Trinajstić information content (AvgIpc) is 3.35. The van der Waals surface area contributed by atoms with Gasteiger partial charge < -0.3 is 20.4 Å². The third-order valence-electron chi connectivity index (χ3n) is 6.83. The molecule has 3 aromatic heterocycles. The molecule has 0 bridgehead atoms. The van der Waals surface area contributed by atoms with Gasteiger partial charge in [0, 0.05) is 45.5 Å². The SMILES string of the molecule is CCc1nc(N2CCNC(C)C2)ccc1Nc1ncc(C(F)(F)F)c(-c2cc3c(s2)C(=O)N(C)CCS3(=O)=O)n1. The summed E-state index contributed by atoms with van der Waals surface area (Å²) in [5.74, 6) is -0.193. The van der Waals surface area contributed by atoms with Crippen molar-refractivity contribution in [2.24, 2.45) is 0 Å². The number of thiophene rings is 1. The molecule has 0 aromatic carbocycles. The third kappa shape index (κ3) is 5.49. The Hall–Kier alpha value is -3.30. The first-order chi connectivity index (χ1) is 18.9. The number of nitrogens with one attached hydrogen (secondary N) is 2. The number of hydrogen-bond donors (Lipinski definition) is 2. The molecule has 2 N–H and O–H groups in total. The second kappa shape index (κ2) is 10.6. The number of alkyl halides is 3. The van der Waals surface area contributed by atoms with E-state index in [9.17, 15) is 26.4 Å². The molecule has 1 fully saturated rings. The van der Waals surface area contributed by atoms with Gasteiger partial charge in [0.25, 0.3) is 5.91 Å². The third-order valence-corrected chi connectivity index (χ3v) is 9.80. The van der Waals surface area contributed by atoms with Crippen LogP contribution in [0.15, 0.2) is 29.3 Å². The molecule has 15 heteroatoms. The number of rotatable bonds is 5. The number of anilines is 3. The highest BCUT2D eigenvalue weighted by molar-refractivity contribution is 7.91. The molecule has 0 aliphatic carbocycles. The summed E-state index contributed by atoms with van der Waals surface area (Å²) in [6.45, 7) is 6.45. The Morgan fingerprint density at radius 1 is 1.23 bits per heavy atom. The summed E-state index contributed by atoms with van der Waals surface area (Å²) in [7, 11) is -2.42. The van der Waals surface area contributed by atoms with Gasteiger partial charge >= 0.3 is 6.18 Å². The molecule has 0 spiro atoms. The van der Waals surface area contributed by atoms with Gasteiger partial charge in [0.1, 0.15) is 16.3 Å². The number of nitrogens with zero attached hydrogens (tertiary/aromatic N) is 5. The van der Waals surface area contributed by atoms with Gasteiger partial charge in [-0.05, 0) is 31.5 Å². The predicted octanol–water partition coefficient (Wildman–Crippen LogP) is 3.58. The van der Waals surface area contributed by atoms with E-state index < -0.39 is 33.2 Å². The smallest absolute Gasteiger partial charge is 0.354 e. The second-order valence-electron chi connectivity index (χ2n) is 9.75. The first-order valence-corrected chi connectivity index (χ1v) is 15.2. The van der Waals surface area contributed by atoms with Crippen LogP contribution < -0.4 is 15.5 Å². The van der Waals surface area contributed by atoms with E-state index >= 15 is 0 Å². The molecule has 5 heterocycles. The Balaban J connectivity index is 1.53. The number of pyridine rings is 1. The lowest BCUT2D eigenvalue weighted by molar-refractivity contribution is -0.137. The van der Waals surface area contributed by atoms with Crippen molar-refractivity contribution in [1.82, 2.24) is 25.2 Å². The van der Waals surface area contributed by atoms with Gasteiger partial charge in [0.05, 0.1) is 32.6 Å². The summed E-state index contributed by atoms with van der Waals surface area (Å²) in [4.78, 5) is 28.5. The molecule has 40 heavy (non-hydrogen) atoms. The summed E-state index contributed by atoms with van der Waals surface area (Å²) in [5.41, 5.74) is -0.409. The molecule has 0 radical (unpaired) electrons. The van der Waals surface area contributed by atoms with Crippen LogP contribution in [0, 0.1) is 0 Å². The predicted molar refractivity (Wildman–Crippen MR) is 146 cm³/mol. The Morgan fingerprint density at radius 2 is 2.00 bits per heavy atom. The van der Waals surface area contributed by atoms with Crippen molar-refractivity contribution in [3.63, 3.8) is 0 Å². The molecule has 214 valence electrons. The fourth-order valence-electron chi connectivity index (χ4n) is 4.66. The van der Waals surface area contributed by atoms with Crippen LogP contribution in [-0.2, 0) is 22.4 Å². The molecular weight excluding hydrogens is 567 g/mol. The van der Waals surface area contributed by atoms with Gasteiger partial charge in [-0.15, -0.1) is 11.3 Å². The summed E-state index contributed by atoms with van der Waals surface area (Å²) < 4.78 is 67.6. The molecule has 5 rings (SSSR count). The van der Waals surface area contributed by atoms with Crippen LogP contribution in [0.25, 0.3) is 10.6 Å². The average molecular weight is 596 g/mol. The van der Waals surface area contributed by atoms with Crippen molar-refractivity contribution in [3.8, 4) is 10.6 Å². The van der Waals surface area contributed by atoms with Crippen molar-refractivity contribution in [2.75, 3.05) is 49.2 Å². The van der Waals surface area contributed by atoms with Crippen LogP contribution >= 0.6 is 11.3 Å². The number of fused-ring (bicyclic) bond motifs is 1. The van der Waals surface area contributed by atoms with Gasteiger partial charge in [-0.3, -0.25) is 4.79 Å². The van der Waals surface area contributed by atoms with E-state index in [2.05, 4.69) is 32.4 Å². The van der Waals surface area contributed by atoms with Crippen molar-refractivity contribution in [1.29, 1.82) is 0 Å². The number of amides is 1. The maximum atomic E-state index is 14.0. The number of halogens is 3. The van der Waals surface area contributed by atoms with Crippen LogP contribution in [0.1, 0.15) is 34.8 Å². The number of aryl methyl sites for hydroxylation is 1. The largest absolute Gasteiger partial charge is 0.420 e. The summed E-state index contributed by atoms with van der Waals surface area (Å²) in [5, 5.41) is 6.37. The van der Waals surface area contributed by atoms with Crippen molar-refractivity contribution < 1.29 is 26.4 Å². The summed E-state index contributed by atoms with van der Waals surface area (Å²) >= 11 is 0.675. The molecule has 1 saturated heterocycles. The Bertz CT molecular complexity index is 1560. The fraction of sp³-hybridized carbons (Fsp3) is 0.440. The lowest BCUT2D eigenvalue weighted by Crippen LogP contribution is -2.49. The van der Waals surface area contributed by atoms with E-state index in [1.165, 1.54) is 11.9 Å². The number of carbonyl (C=O) groups excluding carboxylic acids is 1. The normalized spacial score (nSPS) is 19.4. The minimum absolute atomic E-state index is 0.00641. The molecule has 0 saturated carbocycles. The lowest BCUT2D eigenvalue weighted by Gasteiger charge is -2.33. The number of aromatic nitrogens is 3. The van der Waals surface area contributed by atoms with E-state index in [0.29, 0.717) is 41.4 Å². The highest BCUT2D eigenvalue weighted by atomic mass is 32.2. The van der Waals surface area contributed by atoms with Gasteiger partial charge in [0.15, 0.2) is 9.84 Å². The fourth-order valence-corrected chi connectivity index (χ4v) is 7.69. The molecule has 2 aliphatic rings. The molecule has 1 unspecified atom stereocenters. The zero-order chi connectivity index (χ0) is 28.8. The van der Waals surface area contributed by atoms with Gasteiger partial charge in [-0.25, -0.2) is 23.4 Å². The van der Waals surface area contributed by atoms with Gasteiger partial charge in [-0.2, -0.15) is 13.2 Å². The zero-order valence-corrected chi connectivity index (χ0v) is 23.7. The number of piperazine rings is 1. The zero-order valence-electron chi connectivity index (χ0n) is 22.0. The van der Waals surface area contributed by atoms with E-state index in [1.54, 1.807) is 6.07 Å². The standard InChI is InChI=1S/C25H28F3N7O3S2/c1-4-16-17(5-6-20(31-16)35-8-7-29-14(2)13-35)32-24-30-12-15(25(26,27)28)21(33-24)18-11-19-22(39-18)23(36)34(3)9-10-40(19,37)38/h5-6,11-12,14,29H,4,7-10,13H2,1-3H3,(H,30,32,33). The topological polar surface area (TPSA) is 120 Å². The first-order valence-electron chi connectivity index (χ1n) is 12.7. The van der Waals surface area contributed by atoms with Crippen LogP contribution in [0.2, 0.25) is 0 Å². The minimum atomic E-state index is -4.81. The first kappa shape index (κ1) is 28.2. The Morgan fingerprint density at radius 3 is 2.70 bits per heavy atom. The van der Waals surface area contributed by atoms with Crippen molar-refractivity contribution >= 4 is 44.5 Å². The minimum Gasteiger partial charge on any atom is -0.354 e. The van der Waals surface area contributed by atoms with E-state index in [4.69, 9.17) is 4.98 Å². The highest BCUT2D eigenvalue weighted by Gasteiger charge is 2.38.